The number of amides is 2. The smallest absolute Gasteiger partial charge is 0.328 e. The number of morpholine rings is 1. The molecule has 2 amide bonds. The van der Waals surface area contributed by atoms with Crippen LogP contribution >= 0.6 is 0 Å². The molecule has 0 aromatic carbocycles. The monoisotopic (exact) mass is 282 g/mol. The lowest BCUT2D eigenvalue weighted by Gasteiger charge is -2.36. The summed E-state index contributed by atoms with van der Waals surface area (Å²) in [7, 11) is 0. The normalized spacial score (nSPS) is 19.6. The molecule has 1 rings (SSSR count). The molecule has 1 aliphatic rings. The molecule has 0 bridgehead atoms. The van der Waals surface area contributed by atoms with Crippen LogP contribution in [0.25, 0.3) is 0 Å². The van der Waals surface area contributed by atoms with E-state index in [-0.39, 0.29) is 26.3 Å². The van der Waals surface area contributed by atoms with E-state index in [9.17, 15) is 18.4 Å². The molecule has 1 aliphatic heterocycles. The standard InChI is InChI=1S/C10H16F2N2O5/c11-8(12)5-13(1-3-15)10(18)14-2-4-19-6-7(14)9(16)17/h7-8,15H,1-6H2,(H,16,17). The van der Waals surface area contributed by atoms with Gasteiger partial charge in [0.05, 0.1) is 26.4 Å². The number of aliphatic carboxylic acids is 1. The number of alkyl halides is 2. The molecule has 0 saturated carbocycles. The van der Waals surface area contributed by atoms with Crippen molar-refractivity contribution in [2.24, 2.45) is 0 Å². The predicted molar refractivity (Wildman–Crippen MR) is 59.0 cm³/mol. The highest BCUT2D eigenvalue weighted by Gasteiger charge is 2.35. The Balaban J connectivity index is 2.77. The number of aliphatic hydroxyl groups is 1. The summed E-state index contributed by atoms with van der Waals surface area (Å²) in [5.74, 6) is -1.26. The van der Waals surface area contributed by atoms with Gasteiger partial charge in [-0.1, -0.05) is 0 Å². The lowest BCUT2D eigenvalue weighted by molar-refractivity contribution is -0.147. The summed E-state index contributed by atoms with van der Waals surface area (Å²) in [5, 5.41) is 17.7. The molecule has 0 aromatic rings. The van der Waals surface area contributed by atoms with Crippen LogP contribution in [0.1, 0.15) is 0 Å². The fourth-order valence-corrected chi connectivity index (χ4v) is 1.77. The summed E-state index contributed by atoms with van der Waals surface area (Å²) in [6.07, 6.45) is -2.75. The topological polar surface area (TPSA) is 90.3 Å². The van der Waals surface area contributed by atoms with Gasteiger partial charge in [0.15, 0.2) is 6.04 Å². The van der Waals surface area contributed by atoms with Crippen molar-refractivity contribution in [3.05, 3.63) is 0 Å². The second kappa shape index (κ2) is 7.19. The SMILES string of the molecule is O=C(O)C1COCCN1C(=O)N(CCO)CC(F)F. The van der Waals surface area contributed by atoms with E-state index in [2.05, 4.69) is 0 Å². The maximum absolute atomic E-state index is 12.4. The molecule has 1 fully saturated rings. The molecule has 0 spiro atoms. The van der Waals surface area contributed by atoms with Gasteiger partial charge < -0.3 is 24.7 Å². The zero-order chi connectivity index (χ0) is 14.4. The summed E-state index contributed by atoms with van der Waals surface area (Å²) in [5.41, 5.74) is 0. The van der Waals surface area contributed by atoms with Crippen LogP contribution in [0, 0.1) is 0 Å². The third-order valence-electron chi connectivity index (χ3n) is 2.66. The molecule has 1 saturated heterocycles. The number of ether oxygens (including phenoxy) is 1. The van der Waals surface area contributed by atoms with Gasteiger partial charge in [0, 0.05) is 13.1 Å². The molecule has 0 aliphatic carbocycles. The quantitative estimate of drug-likeness (QED) is 0.706. The Morgan fingerprint density at radius 1 is 1.47 bits per heavy atom. The Morgan fingerprint density at radius 2 is 2.16 bits per heavy atom. The molecule has 0 radical (unpaired) electrons. The summed E-state index contributed by atoms with van der Waals surface area (Å²) in [6.45, 7) is -1.60. The second-order valence-corrected chi connectivity index (χ2v) is 3.97. The minimum absolute atomic E-state index is 0.0148. The number of aliphatic hydroxyl groups excluding tert-OH is 1. The lowest BCUT2D eigenvalue weighted by atomic mass is 10.2. The van der Waals surface area contributed by atoms with Crippen LogP contribution in [0.3, 0.4) is 0 Å². The van der Waals surface area contributed by atoms with Crippen LogP contribution in [-0.2, 0) is 9.53 Å². The zero-order valence-corrected chi connectivity index (χ0v) is 10.2. The van der Waals surface area contributed by atoms with Gasteiger partial charge in [-0.05, 0) is 0 Å². The first-order valence-corrected chi connectivity index (χ1v) is 5.72. The number of carboxylic acid groups (broad SMARTS) is 1. The van der Waals surface area contributed by atoms with E-state index >= 15 is 0 Å². The second-order valence-electron chi connectivity index (χ2n) is 3.97. The van der Waals surface area contributed by atoms with E-state index in [1.54, 1.807) is 0 Å². The molecule has 2 N–H and O–H groups in total. The predicted octanol–water partition coefficient (Wildman–Crippen LogP) is -0.549. The van der Waals surface area contributed by atoms with Crippen LogP contribution in [0.5, 0.6) is 0 Å². The van der Waals surface area contributed by atoms with Crippen LogP contribution in [0.4, 0.5) is 13.6 Å². The van der Waals surface area contributed by atoms with Gasteiger partial charge in [0.2, 0.25) is 0 Å². The number of hydrogen-bond donors (Lipinski definition) is 2. The van der Waals surface area contributed by atoms with Gasteiger partial charge in [0.25, 0.3) is 6.43 Å². The summed E-state index contributed by atoms with van der Waals surface area (Å²) >= 11 is 0. The Bertz CT molecular complexity index is 329. The fraction of sp³-hybridized carbons (Fsp3) is 0.800. The van der Waals surface area contributed by atoms with Gasteiger partial charge in [0.1, 0.15) is 0 Å². The third-order valence-corrected chi connectivity index (χ3v) is 2.66. The molecule has 19 heavy (non-hydrogen) atoms. The first-order valence-electron chi connectivity index (χ1n) is 5.72. The highest BCUT2D eigenvalue weighted by atomic mass is 19.3. The molecule has 1 heterocycles. The van der Waals surface area contributed by atoms with E-state index in [0.29, 0.717) is 0 Å². The van der Waals surface area contributed by atoms with E-state index < -0.39 is 37.6 Å². The van der Waals surface area contributed by atoms with Crippen LogP contribution in [-0.4, -0.2) is 83.9 Å². The van der Waals surface area contributed by atoms with Gasteiger partial charge in [-0.25, -0.2) is 18.4 Å². The number of carbonyl (C=O) groups excluding carboxylic acids is 1. The number of halogens is 2. The number of rotatable bonds is 5. The number of nitrogens with zero attached hydrogens (tertiary/aromatic N) is 2. The summed E-state index contributed by atoms with van der Waals surface area (Å²) < 4.78 is 29.7. The van der Waals surface area contributed by atoms with Crippen molar-refractivity contribution in [2.45, 2.75) is 12.5 Å². The molecule has 1 unspecified atom stereocenters. The minimum atomic E-state index is -2.75. The van der Waals surface area contributed by atoms with Gasteiger partial charge in [-0.2, -0.15) is 0 Å². The lowest BCUT2D eigenvalue weighted by Crippen LogP contribution is -2.57. The van der Waals surface area contributed by atoms with Crippen molar-refractivity contribution in [3.63, 3.8) is 0 Å². The number of hydrogen-bond acceptors (Lipinski definition) is 4. The Morgan fingerprint density at radius 3 is 2.68 bits per heavy atom. The van der Waals surface area contributed by atoms with Crippen molar-refractivity contribution in [1.82, 2.24) is 9.80 Å². The number of carboxylic acids is 1. The van der Waals surface area contributed by atoms with E-state index in [1.165, 1.54) is 0 Å². The first-order chi connectivity index (χ1) is 8.97. The maximum Gasteiger partial charge on any atom is 0.328 e. The number of carbonyl (C=O) groups is 2. The Kier molecular flexibility index (Phi) is 5.90. The van der Waals surface area contributed by atoms with Gasteiger partial charge >= 0.3 is 12.0 Å². The van der Waals surface area contributed by atoms with E-state index in [0.717, 1.165) is 9.80 Å². The van der Waals surface area contributed by atoms with Crippen molar-refractivity contribution in [2.75, 3.05) is 39.5 Å². The highest BCUT2D eigenvalue weighted by molar-refractivity contribution is 5.83. The van der Waals surface area contributed by atoms with Crippen LogP contribution in [0.15, 0.2) is 0 Å². The Hall–Kier alpha value is -1.48. The number of urea groups is 1. The molecular weight excluding hydrogens is 266 g/mol. The van der Waals surface area contributed by atoms with Crippen molar-refractivity contribution >= 4 is 12.0 Å². The third kappa shape index (κ3) is 4.28. The van der Waals surface area contributed by atoms with Gasteiger partial charge in [-0.15, -0.1) is 0 Å². The molecule has 110 valence electrons. The maximum atomic E-state index is 12.4. The van der Waals surface area contributed by atoms with Gasteiger partial charge in [-0.3, -0.25) is 0 Å². The average Bonchev–Trinajstić information content (AvgIpc) is 2.37. The molecule has 9 heteroatoms. The molecule has 1 atom stereocenters. The van der Waals surface area contributed by atoms with E-state index in [1.807, 2.05) is 0 Å². The average molecular weight is 282 g/mol. The minimum Gasteiger partial charge on any atom is -0.480 e. The molecular formula is C10H16F2N2O5. The van der Waals surface area contributed by atoms with E-state index in [4.69, 9.17) is 14.9 Å². The largest absolute Gasteiger partial charge is 0.480 e. The molecule has 7 nitrogen and oxygen atoms in total. The van der Waals surface area contributed by atoms with Crippen LogP contribution in [0.2, 0.25) is 0 Å². The molecule has 0 aromatic heterocycles. The Labute approximate surface area is 108 Å². The first kappa shape index (κ1) is 15.6. The fourth-order valence-electron chi connectivity index (χ4n) is 1.77. The highest BCUT2D eigenvalue weighted by Crippen LogP contribution is 2.12. The van der Waals surface area contributed by atoms with Crippen molar-refractivity contribution in [3.8, 4) is 0 Å². The van der Waals surface area contributed by atoms with Crippen molar-refractivity contribution in [1.29, 1.82) is 0 Å². The summed E-state index contributed by atoms with van der Waals surface area (Å²) in [6, 6.07) is -2.02. The zero-order valence-electron chi connectivity index (χ0n) is 10.2. The summed E-state index contributed by atoms with van der Waals surface area (Å²) in [4.78, 5) is 24.7. The van der Waals surface area contributed by atoms with Crippen molar-refractivity contribution < 1.29 is 33.3 Å². The van der Waals surface area contributed by atoms with Crippen LogP contribution < -0.4 is 0 Å².